The highest BCUT2D eigenvalue weighted by molar-refractivity contribution is 5.78. The molecule has 25 heavy (non-hydrogen) atoms. The van der Waals surface area contributed by atoms with Gasteiger partial charge in [-0.05, 0) is 37.8 Å². The number of hydrogen-bond acceptors (Lipinski definition) is 3. The zero-order chi connectivity index (χ0) is 17.4. The second kappa shape index (κ2) is 6.45. The van der Waals surface area contributed by atoms with E-state index in [1.165, 1.54) is 0 Å². The summed E-state index contributed by atoms with van der Waals surface area (Å²) in [5.41, 5.74) is 1.63. The summed E-state index contributed by atoms with van der Waals surface area (Å²) in [6.07, 6.45) is 5.22. The van der Waals surface area contributed by atoms with E-state index < -0.39 is 5.60 Å². The lowest BCUT2D eigenvalue weighted by Crippen LogP contribution is -2.44. The van der Waals surface area contributed by atoms with Crippen molar-refractivity contribution in [3.8, 4) is 0 Å². The standard InChI is InChI=1S/C20H27N3O2/c1-2-18-21-16-7-3-4-8-17(16)23(18)13-9-19(24)22-12-5-6-15(14-22)20(25)10-11-20/h3-4,7-8,15,25H,2,5-6,9-14H2,1H3. The van der Waals surface area contributed by atoms with Gasteiger partial charge in [0.15, 0.2) is 0 Å². The van der Waals surface area contributed by atoms with Crippen molar-refractivity contribution in [2.45, 2.75) is 57.6 Å². The van der Waals surface area contributed by atoms with Gasteiger partial charge in [-0.3, -0.25) is 4.79 Å². The highest BCUT2D eigenvalue weighted by atomic mass is 16.3. The van der Waals surface area contributed by atoms with Gasteiger partial charge < -0.3 is 14.6 Å². The Morgan fingerprint density at radius 3 is 2.92 bits per heavy atom. The molecule has 1 unspecified atom stereocenters. The molecular formula is C20H27N3O2. The number of aliphatic hydroxyl groups is 1. The number of carbonyl (C=O) groups excluding carboxylic acids is 1. The summed E-state index contributed by atoms with van der Waals surface area (Å²) in [5.74, 6) is 1.51. The summed E-state index contributed by atoms with van der Waals surface area (Å²) in [7, 11) is 0. The summed E-state index contributed by atoms with van der Waals surface area (Å²) in [4.78, 5) is 19.4. The van der Waals surface area contributed by atoms with E-state index in [9.17, 15) is 9.90 Å². The number of rotatable bonds is 5. The maximum Gasteiger partial charge on any atom is 0.224 e. The van der Waals surface area contributed by atoms with Crippen molar-refractivity contribution in [3.05, 3.63) is 30.1 Å². The van der Waals surface area contributed by atoms with Gasteiger partial charge in [0.1, 0.15) is 5.82 Å². The molecule has 2 aromatic rings. The molecule has 2 aliphatic rings. The first-order chi connectivity index (χ1) is 12.1. The lowest BCUT2D eigenvalue weighted by Gasteiger charge is -2.35. The first-order valence-electron chi connectivity index (χ1n) is 9.55. The maximum absolute atomic E-state index is 12.7. The fourth-order valence-corrected chi connectivity index (χ4v) is 4.19. The third-order valence-corrected chi connectivity index (χ3v) is 5.90. The van der Waals surface area contributed by atoms with Crippen LogP contribution in [-0.4, -0.2) is 44.2 Å². The van der Waals surface area contributed by atoms with Crippen LogP contribution in [0.1, 0.15) is 44.9 Å². The van der Waals surface area contributed by atoms with Crippen LogP contribution in [0.2, 0.25) is 0 Å². The molecule has 5 nitrogen and oxygen atoms in total. The molecule has 2 heterocycles. The summed E-state index contributed by atoms with van der Waals surface area (Å²) >= 11 is 0. The Morgan fingerprint density at radius 2 is 2.16 bits per heavy atom. The van der Waals surface area contributed by atoms with Gasteiger partial charge in [-0.1, -0.05) is 19.1 Å². The number of likely N-dealkylation sites (tertiary alicyclic amines) is 1. The van der Waals surface area contributed by atoms with E-state index >= 15 is 0 Å². The molecule has 1 aromatic carbocycles. The molecule has 1 N–H and O–H groups in total. The summed E-state index contributed by atoms with van der Waals surface area (Å²) in [6.45, 7) is 4.33. The summed E-state index contributed by atoms with van der Waals surface area (Å²) in [6, 6.07) is 8.12. The minimum Gasteiger partial charge on any atom is -0.390 e. The van der Waals surface area contributed by atoms with E-state index in [0.29, 0.717) is 13.0 Å². The average molecular weight is 341 g/mol. The van der Waals surface area contributed by atoms with Gasteiger partial charge >= 0.3 is 0 Å². The Hall–Kier alpha value is -1.88. The van der Waals surface area contributed by atoms with Crippen molar-refractivity contribution >= 4 is 16.9 Å². The van der Waals surface area contributed by atoms with Crippen LogP contribution in [0.25, 0.3) is 11.0 Å². The molecule has 1 amide bonds. The SMILES string of the molecule is CCc1nc2ccccc2n1CCC(=O)N1CCCC(C2(O)CC2)C1. The zero-order valence-electron chi connectivity index (χ0n) is 14.9. The molecule has 0 radical (unpaired) electrons. The number of aromatic nitrogens is 2. The third-order valence-electron chi connectivity index (χ3n) is 5.90. The van der Waals surface area contributed by atoms with Crippen LogP contribution in [0.5, 0.6) is 0 Å². The van der Waals surface area contributed by atoms with Gasteiger partial charge in [0.05, 0.1) is 16.6 Å². The number of piperidine rings is 1. The number of imidazole rings is 1. The van der Waals surface area contributed by atoms with Crippen LogP contribution in [0.3, 0.4) is 0 Å². The van der Waals surface area contributed by atoms with Gasteiger partial charge in [-0.2, -0.15) is 0 Å². The van der Waals surface area contributed by atoms with E-state index in [2.05, 4.69) is 22.5 Å². The summed E-state index contributed by atoms with van der Waals surface area (Å²) < 4.78 is 2.18. The van der Waals surface area contributed by atoms with Crippen molar-refractivity contribution in [2.24, 2.45) is 5.92 Å². The van der Waals surface area contributed by atoms with Crippen molar-refractivity contribution < 1.29 is 9.90 Å². The minimum absolute atomic E-state index is 0.203. The fourth-order valence-electron chi connectivity index (χ4n) is 4.19. The van der Waals surface area contributed by atoms with Crippen molar-refractivity contribution in [3.63, 3.8) is 0 Å². The number of benzene rings is 1. The first-order valence-corrected chi connectivity index (χ1v) is 9.55. The van der Waals surface area contributed by atoms with Crippen molar-refractivity contribution in [1.29, 1.82) is 0 Å². The van der Waals surface area contributed by atoms with Crippen LogP contribution >= 0.6 is 0 Å². The van der Waals surface area contributed by atoms with Crippen molar-refractivity contribution in [2.75, 3.05) is 13.1 Å². The van der Waals surface area contributed by atoms with Crippen molar-refractivity contribution in [1.82, 2.24) is 14.5 Å². The number of aryl methyl sites for hydroxylation is 2. The van der Waals surface area contributed by atoms with Crippen LogP contribution in [0.4, 0.5) is 0 Å². The molecule has 1 saturated carbocycles. The number of fused-ring (bicyclic) bond motifs is 1. The Balaban J connectivity index is 1.43. The van der Waals surface area contributed by atoms with E-state index in [4.69, 9.17) is 0 Å². The average Bonchev–Trinajstić information content (AvgIpc) is 3.30. The molecule has 1 aliphatic carbocycles. The van der Waals surface area contributed by atoms with E-state index in [-0.39, 0.29) is 11.8 Å². The number of amides is 1. The van der Waals surface area contributed by atoms with E-state index in [1.54, 1.807) is 0 Å². The van der Waals surface area contributed by atoms with Crippen LogP contribution in [0.15, 0.2) is 24.3 Å². The molecule has 1 saturated heterocycles. The quantitative estimate of drug-likeness (QED) is 0.910. The van der Waals surface area contributed by atoms with Crippen LogP contribution in [-0.2, 0) is 17.8 Å². The molecular weight excluding hydrogens is 314 g/mol. The number of para-hydroxylation sites is 2. The molecule has 5 heteroatoms. The van der Waals surface area contributed by atoms with Gasteiger partial charge in [0.25, 0.3) is 0 Å². The molecule has 1 aliphatic heterocycles. The summed E-state index contributed by atoms with van der Waals surface area (Å²) in [5, 5.41) is 10.4. The third kappa shape index (κ3) is 3.17. The Kier molecular flexibility index (Phi) is 4.28. The molecule has 0 bridgehead atoms. The van der Waals surface area contributed by atoms with Gasteiger partial charge in [-0.25, -0.2) is 4.98 Å². The molecule has 134 valence electrons. The van der Waals surface area contributed by atoms with Crippen LogP contribution in [0, 0.1) is 5.92 Å². The lowest BCUT2D eigenvalue weighted by molar-refractivity contribution is -0.134. The van der Waals surface area contributed by atoms with Crippen LogP contribution < -0.4 is 0 Å². The zero-order valence-corrected chi connectivity index (χ0v) is 14.9. The fraction of sp³-hybridized carbons (Fsp3) is 0.600. The maximum atomic E-state index is 12.7. The minimum atomic E-state index is -0.477. The Bertz CT molecular complexity index is 778. The number of hydrogen-bond donors (Lipinski definition) is 1. The first kappa shape index (κ1) is 16.6. The van der Waals surface area contributed by atoms with Gasteiger partial charge in [0, 0.05) is 38.4 Å². The molecule has 0 spiro atoms. The molecule has 1 atom stereocenters. The number of carbonyl (C=O) groups is 1. The second-order valence-corrected chi connectivity index (χ2v) is 7.55. The number of nitrogens with zero attached hydrogens (tertiary/aromatic N) is 3. The Morgan fingerprint density at radius 1 is 1.36 bits per heavy atom. The van der Waals surface area contributed by atoms with Gasteiger partial charge in [-0.15, -0.1) is 0 Å². The smallest absolute Gasteiger partial charge is 0.224 e. The predicted octanol–water partition coefficient (Wildman–Crippen LogP) is 2.75. The normalized spacial score (nSPS) is 22.3. The monoisotopic (exact) mass is 341 g/mol. The van der Waals surface area contributed by atoms with Gasteiger partial charge in [0.2, 0.25) is 5.91 Å². The largest absolute Gasteiger partial charge is 0.390 e. The Labute approximate surface area is 148 Å². The second-order valence-electron chi connectivity index (χ2n) is 7.55. The topological polar surface area (TPSA) is 58.4 Å². The predicted molar refractivity (Wildman–Crippen MR) is 97.2 cm³/mol. The van der Waals surface area contributed by atoms with E-state index in [0.717, 1.165) is 62.1 Å². The molecule has 2 fully saturated rings. The molecule has 1 aromatic heterocycles. The highest BCUT2D eigenvalue weighted by Crippen LogP contribution is 2.45. The molecule has 4 rings (SSSR count). The highest BCUT2D eigenvalue weighted by Gasteiger charge is 2.48. The van der Waals surface area contributed by atoms with E-state index in [1.807, 2.05) is 23.1 Å². The lowest BCUT2D eigenvalue weighted by atomic mass is 9.90.